The van der Waals surface area contributed by atoms with Crippen LogP contribution in [0.1, 0.15) is 25.3 Å². The molecule has 1 saturated heterocycles. The topological polar surface area (TPSA) is 79.3 Å². The molecule has 1 fully saturated rings. The van der Waals surface area contributed by atoms with E-state index in [1.807, 2.05) is 0 Å². The van der Waals surface area contributed by atoms with Gasteiger partial charge in [-0.25, -0.2) is 0 Å². The average Bonchev–Trinajstić information content (AvgIpc) is 2.48. The second-order valence-corrected chi connectivity index (χ2v) is 5.07. The van der Waals surface area contributed by atoms with E-state index < -0.39 is 6.04 Å². The minimum absolute atomic E-state index is 0. The highest BCUT2D eigenvalue weighted by Crippen LogP contribution is 2.19. The largest absolute Gasteiger partial charge is 0.490 e. The summed E-state index contributed by atoms with van der Waals surface area (Å²) in [5.41, 5.74) is 6.22. The molecule has 6 heteroatoms. The summed E-state index contributed by atoms with van der Waals surface area (Å²) in [5.74, 6) is 0.766. The van der Waals surface area contributed by atoms with Gasteiger partial charge in [0.2, 0.25) is 5.91 Å². The van der Waals surface area contributed by atoms with Crippen molar-refractivity contribution in [1.29, 1.82) is 5.26 Å². The molecule has 0 spiro atoms. The number of carbonyl (C=O) groups excluding carboxylic acids is 1. The number of piperidine rings is 1. The maximum absolute atomic E-state index is 11.8. The molecule has 1 aliphatic rings. The highest BCUT2D eigenvalue weighted by atomic mass is 35.5. The molecule has 114 valence electrons. The minimum Gasteiger partial charge on any atom is -0.490 e. The molecule has 0 saturated carbocycles. The monoisotopic (exact) mass is 309 g/mol. The quantitative estimate of drug-likeness (QED) is 0.921. The predicted octanol–water partition coefficient (Wildman–Crippen LogP) is 1.70. The molecule has 1 aromatic rings. The van der Waals surface area contributed by atoms with Crippen LogP contribution in [0, 0.1) is 11.3 Å². The van der Waals surface area contributed by atoms with Gasteiger partial charge in [-0.15, -0.1) is 12.4 Å². The third-order valence-corrected chi connectivity index (χ3v) is 3.43. The summed E-state index contributed by atoms with van der Waals surface area (Å²) >= 11 is 0. The van der Waals surface area contributed by atoms with E-state index in [0.29, 0.717) is 18.7 Å². The third-order valence-electron chi connectivity index (χ3n) is 3.43. The summed E-state index contributed by atoms with van der Waals surface area (Å²) in [6.07, 6.45) is 1.72. The van der Waals surface area contributed by atoms with E-state index in [9.17, 15) is 4.79 Å². The van der Waals surface area contributed by atoms with Crippen LogP contribution in [-0.2, 0) is 4.79 Å². The van der Waals surface area contributed by atoms with E-state index in [0.717, 1.165) is 18.6 Å². The van der Waals surface area contributed by atoms with Gasteiger partial charge in [0.15, 0.2) is 0 Å². The van der Waals surface area contributed by atoms with Crippen LogP contribution in [0.3, 0.4) is 0 Å². The molecule has 0 unspecified atom stereocenters. The Morgan fingerprint density at radius 1 is 1.38 bits per heavy atom. The summed E-state index contributed by atoms with van der Waals surface area (Å²) in [5, 5.41) is 8.74. The maximum Gasteiger partial charge on any atom is 0.239 e. The van der Waals surface area contributed by atoms with Gasteiger partial charge in [-0.2, -0.15) is 5.26 Å². The zero-order valence-electron chi connectivity index (χ0n) is 12.0. The molecule has 0 bridgehead atoms. The first-order valence-corrected chi connectivity index (χ1v) is 6.81. The van der Waals surface area contributed by atoms with Crippen molar-refractivity contribution in [3.8, 4) is 11.8 Å². The number of nitrogens with zero attached hydrogens (tertiary/aromatic N) is 2. The summed E-state index contributed by atoms with van der Waals surface area (Å²) in [6, 6.07) is 8.72. The van der Waals surface area contributed by atoms with Crippen LogP contribution in [0.5, 0.6) is 5.75 Å². The molecule has 0 aromatic heterocycles. The van der Waals surface area contributed by atoms with Crippen LogP contribution in [0.15, 0.2) is 24.3 Å². The van der Waals surface area contributed by atoms with Crippen molar-refractivity contribution in [2.24, 2.45) is 5.73 Å². The van der Waals surface area contributed by atoms with E-state index in [4.69, 9.17) is 15.7 Å². The van der Waals surface area contributed by atoms with Crippen LogP contribution in [0.25, 0.3) is 0 Å². The lowest BCUT2D eigenvalue weighted by Crippen LogP contribution is -2.47. The molecule has 1 heterocycles. The second kappa shape index (κ2) is 7.87. The molecule has 0 radical (unpaired) electrons. The van der Waals surface area contributed by atoms with E-state index in [1.165, 1.54) is 0 Å². The molecule has 0 aliphatic carbocycles. The smallest absolute Gasteiger partial charge is 0.239 e. The Labute approximate surface area is 131 Å². The lowest BCUT2D eigenvalue weighted by atomic mass is 10.1. The predicted molar refractivity (Wildman–Crippen MR) is 82.3 cm³/mol. The van der Waals surface area contributed by atoms with Gasteiger partial charge in [-0.3, -0.25) is 4.79 Å². The molecule has 2 N–H and O–H groups in total. The Kier molecular flexibility index (Phi) is 6.47. The Morgan fingerprint density at radius 3 is 2.43 bits per heavy atom. The molecule has 1 amide bonds. The van der Waals surface area contributed by atoms with Crippen molar-refractivity contribution < 1.29 is 9.53 Å². The van der Waals surface area contributed by atoms with Crippen LogP contribution < -0.4 is 10.5 Å². The van der Waals surface area contributed by atoms with Crippen LogP contribution in [0.2, 0.25) is 0 Å². The van der Waals surface area contributed by atoms with Gasteiger partial charge >= 0.3 is 0 Å². The Morgan fingerprint density at radius 2 is 1.95 bits per heavy atom. The van der Waals surface area contributed by atoms with Gasteiger partial charge < -0.3 is 15.4 Å². The third kappa shape index (κ3) is 4.62. The Balaban J connectivity index is 0.00000220. The zero-order chi connectivity index (χ0) is 14.5. The number of nitrogens with two attached hydrogens (primary N) is 1. The van der Waals surface area contributed by atoms with Crippen LogP contribution >= 0.6 is 12.4 Å². The van der Waals surface area contributed by atoms with Crippen LogP contribution in [-0.4, -0.2) is 36.0 Å². The van der Waals surface area contributed by atoms with Crippen LogP contribution in [0.4, 0.5) is 0 Å². The number of halogens is 1. The maximum atomic E-state index is 11.8. The number of benzene rings is 1. The van der Waals surface area contributed by atoms with Crippen molar-refractivity contribution in [2.75, 3.05) is 13.1 Å². The number of amides is 1. The number of nitriles is 1. The molecule has 1 aromatic carbocycles. The highest BCUT2D eigenvalue weighted by Gasteiger charge is 2.25. The number of ether oxygens (including phenoxy) is 1. The second-order valence-electron chi connectivity index (χ2n) is 5.07. The molecule has 1 atom stereocenters. The van der Waals surface area contributed by atoms with Gasteiger partial charge in [0, 0.05) is 25.9 Å². The fourth-order valence-electron chi connectivity index (χ4n) is 2.28. The number of carbonyl (C=O) groups is 1. The van der Waals surface area contributed by atoms with E-state index in [2.05, 4.69) is 6.07 Å². The van der Waals surface area contributed by atoms with Gasteiger partial charge in [0.1, 0.15) is 11.9 Å². The van der Waals surface area contributed by atoms with E-state index in [1.54, 1.807) is 36.1 Å². The van der Waals surface area contributed by atoms with Gasteiger partial charge in [0.25, 0.3) is 0 Å². The highest BCUT2D eigenvalue weighted by molar-refractivity contribution is 5.85. The molecular formula is C15H20ClN3O2. The van der Waals surface area contributed by atoms with Crippen molar-refractivity contribution in [3.63, 3.8) is 0 Å². The van der Waals surface area contributed by atoms with Crippen molar-refractivity contribution >= 4 is 18.3 Å². The van der Waals surface area contributed by atoms with Gasteiger partial charge in [-0.05, 0) is 31.2 Å². The van der Waals surface area contributed by atoms with Crippen molar-refractivity contribution in [3.05, 3.63) is 29.8 Å². The first-order valence-electron chi connectivity index (χ1n) is 6.81. The average molecular weight is 310 g/mol. The normalized spacial score (nSPS) is 16.5. The molecule has 5 nitrogen and oxygen atoms in total. The standard InChI is InChI=1S/C15H19N3O2.ClH/c1-11(17)15(19)18-8-6-14(7-9-18)20-13-4-2-12(10-16)3-5-13;/h2-5,11,14H,6-9,17H2,1H3;1H/t11-;/m0./s1. The Hall–Kier alpha value is -1.77. The lowest BCUT2D eigenvalue weighted by molar-refractivity contribution is -0.133. The minimum atomic E-state index is -0.439. The molecular weight excluding hydrogens is 290 g/mol. The SMILES string of the molecule is C[C@H](N)C(=O)N1CCC(Oc2ccc(C#N)cc2)CC1.Cl. The van der Waals surface area contributed by atoms with E-state index >= 15 is 0 Å². The summed E-state index contributed by atoms with van der Waals surface area (Å²) < 4.78 is 5.86. The molecule has 2 rings (SSSR count). The van der Waals surface area contributed by atoms with Crippen molar-refractivity contribution in [2.45, 2.75) is 31.9 Å². The lowest BCUT2D eigenvalue weighted by Gasteiger charge is -2.33. The summed E-state index contributed by atoms with van der Waals surface area (Å²) in [6.45, 7) is 3.07. The molecule has 1 aliphatic heterocycles. The number of hydrogen-bond donors (Lipinski definition) is 1. The zero-order valence-corrected chi connectivity index (χ0v) is 12.8. The number of rotatable bonds is 3. The number of hydrogen-bond acceptors (Lipinski definition) is 4. The fraction of sp³-hybridized carbons (Fsp3) is 0.467. The first-order chi connectivity index (χ1) is 9.60. The Bertz CT molecular complexity index is 503. The fourth-order valence-corrected chi connectivity index (χ4v) is 2.28. The molecule has 21 heavy (non-hydrogen) atoms. The van der Waals surface area contributed by atoms with E-state index in [-0.39, 0.29) is 24.4 Å². The number of likely N-dealkylation sites (tertiary alicyclic amines) is 1. The van der Waals surface area contributed by atoms with Crippen molar-refractivity contribution in [1.82, 2.24) is 4.90 Å². The van der Waals surface area contributed by atoms with Gasteiger partial charge in [0.05, 0.1) is 17.7 Å². The van der Waals surface area contributed by atoms with Gasteiger partial charge in [-0.1, -0.05) is 0 Å². The first kappa shape index (κ1) is 17.3. The summed E-state index contributed by atoms with van der Waals surface area (Å²) in [4.78, 5) is 13.6. The summed E-state index contributed by atoms with van der Waals surface area (Å²) in [7, 11) is 0.